The van der Waals surface area contributed by atoms with Gasteiger partial charge in [-0.2, -0.15) is 0 Å². The summed E-state index contributed by atoms with van der Waals surface area (Å²) in [7, 11) is 0. The summed E-state index contributed by atoms with van der Waals surface area (Å²) in [5.74, 6) is 0. The summed E-state index contributed by atoms with van der Waals surface area (Å²) in [4.78, 5) is 11.4. The maximum Gasteiger partial charge on any atom is 0.186 e. The first-order valence-corrected chi connectivity index (χ1v) is 10.3. The van der Waals surface area contributed by atoms with Crippen molar-refractivity contribution in [1.29, 1.82) is 0 Å². The molecule has 1 aromatic heterocycles. The number of rotatable bonds is 4. The lowest BCUT2D eigenvalue weighted by molar-refractivity contribution is 0.310. The molecule has 0 radical (unpaired) electrons. The Kier molecular flexibility index (Phi) is 5.32. The van der Waals surface area contributed by atoms with Crippen molar-refractivity contribution in [3.05, 3.63) is 60.7 Å². The molecule has 0 amide bonds. The molecule has 2 heterocycles. The van der Waals surface area contributed by atoms with Crippen molar-refractivity contribution in [2.75, 3.05) is 37.6 Å². The average molecular weight is 364 g/mol. The van der Waals surface area contributed by atoms with Crippen molar-refractivity contribution < 1.29 is 0 Å². The van der Waals surface area contributed by atoms with Gasteiger partial charge in [-0.3, -0.25) is 0 Å². The Balaban J connectivity index is 1.72. The first-order valence-electron chi connectivity index (χ1n) is 9.44. The zero-order chi connectivity index (χ0) is 17.8. The maximum atomic E-state index is 5.10. The van der Waals surface area contributed by atoms with Crippen LogP contribution < -0.4 is 4.90 Å². The summed E-state index contributed by atoms with van der Waals surface area (Å²) in [5, 5.41) is 1.15. The number of hydrogen-bond donors (Lipinski definition) is 0. The van der Waals surface area contributed by atoms with Gasteiger partial charge in [0.15, 0.2) is 5.13 Å². The molecular weight excluding hydrogens is 338 g/mol. The second-order valence-corrected chi connectivity index (χ2v) is 7.66. The van der Waals surface area contributed by atoms with Gasteiger partial charge >= 0.3 is 0 Å². The van der Waals surface area contributed by atoms with E-state index in [0.717, 1.165) is 37.0 Å². The van der Waals surface area contributed by atoms with E-state index in [2.05, 4.69) is 77.4 Å². The van der Waals surface area contributed by atoms with Crippen LogP contribution in [-0.2, 0) is 0 Å². The van der Waals surface area contributed by atoms with Crippen molar-refractivity contribution in [1.82, 2.24) is 9.88 Å². The standard InChI is InChI=1S/C22H25N3S/c1-2-24-14-9-15-25(17-16-24)22-23-20(18-10-5-3-6-11-18)21(26-22)19-12-7-4-8-13-19/h3-8,10-13H,2,9,14-17H2,1H3. The largest absolute Gasteiger partial charge is 0.347 e. The first kappa shape index (κ1) is 17.3. The summed E-state index contributed by atoms with van der Waals surface area (Å²) in [5.41, 5.74) is 3.55. The Labute approximate surface area is 159 Å². The quantitative estimate of drug-likeness (QED) is 0.649. The third-order valence-electron chi connectivity index (χ3n) is 5.01. The van der Waals surface area contributed by atoms with E-state index < -0.39 is 0 Å². The third kappa shape index (κ3) is 3.67. The lowest BCUT2D eigenvalue weighted by atomic mass is 10.1. The van der Waals surface area contributed by atoms with E-state index in [1.165, 1.54) is 29.0 Å². The number of hydrogen-bond acceptors (Lipinski definition) is 4. The minimum atomic E-state index is 1.06. The number of nitrogens with zero attached hydrogens (tertiary/aromatic N) is 3. The van der Waals surface area contributed by atoms with Crippen LogP contribution in [0.4, 0.5) is 5.13 Å². The fraction of sp³-hybridized carbons (Fsp3) is 0.318. The van der Waals surface area contributed by atoms with E-state index in [0.29, 0.717) is 0 Å². The van der Waals surface area contributed by atoms with Gasteiger partial charge in [-0.1, -0.05) is 78.9 Å². The van der Waals surface area contributed by atoms with E-state index in [1.807, 2.05) is 11.3 Å². The van der Waals surface area contributed by atoms with E-state index >= 15 is 0 Å². The molecule has 4 heteroatoms. The Hall–Kier alpha value is -2.17. The van der Waals surface area contributed by atoms with Crippen molar-refractivity contribution in [3.8, 4) is 21.7 Å². The summed E-state index contributed by atoms with van der Waals surface area (Å²) >= 11 is 1.83. The van der Waals surface area contributed by atoms with E-state index in [9.17, 15) is 0 Å². The van der Waals surface area contributed by atoms with Crippen molar-refractivity contribution in [2.24, 2.45) is 0 Å². The smallest absolute Gasteiger partial charge is 0.186 e. The fourth-order valence-electron chi connectivity index (χ4n) is 3.50. The highest BCUT2D eigenvalue weighted by molar-refractivity contribution is 7.19. The highest BCUT2D eigenvalue weighted by atomic mass is 32.1. The van der Waals surface area contributed by atoms with Gasteiger partial charge in [-0.05, 0) is 25.1 Å². The molecule has 3 nitrogen and oxygen atoms in total. The van der Waals surface area contributed by atoms with Gasteiger partial charge in [0.2, 0.25) is 0 Å². The van der Waals surface area contributed by atoms with Gasteiger partial charge in [0, 0.05) is 25.2 Å². The number of benzene rings is 2. The first-order chi connectivity index (χ1) is 12.8. The molecule has 0 bridgehead atoms. The molecule has 1 fully saturated rings. The van der Waals surface area contributed by atoms with Crippen molar-refractivity contribution in [2.45, 2.75) is 13.3 Å². The van der Waals surface area contributed by atoms with Crippen LogP contribution in [0.25, 0.3) is 21.7 Å². The maximum absolute atomic E-state index is 5.10. The SMILES string of the molecule is CCN1CCCN(c2nc(-c3ccccc3)c(-c3ccccc3)s2)CC1. The van der Waals surface area contributed by atoms with Gasteiger partial charge in [0.25, 0.3) is 0 Å². The predicted molar refractivity (Wildman–Crippen MR) is 112 cm³/mol. The molecule has 3 aromatic rings. The van der Waals surface area contributed by atoms with Crippen LogP contribution in [0.3, 0.4) is 0 Å². The summed E-state index contributed by atoms with van der Waals surface area (Å²) < 4.78 is 0. The Morgan fingerprint density at radius 3 is 2.23 bits per heavy atom. The third-order valence-corrected chi connectivity index (χ3v) is 6.17. The molecular formula is C22H25N3S. The van der Waals surface area contributed by atoms with Crippen molar-refractivity contribution >= 4 is 16.5 Å². The lowest BCUT2D eigenvalue weighted by Gasteiger charge is -2.20. The van der Waals surface area contributed by atoms with Crippen LogP contribution in [0.15, 0.2) is 60.7 Å². The Morgan fingerprint density at radius 1 is 0.846 bits per heavy atom. The minimum Gasteiger partial charge on any atom is -0.347 e. The van der Waals surface area contributed by atoms with Gasteiger partial charge in [0.1, 0.15) is 0 Å². The van der Waals surface area contributed by atoms with E-state index in [1.54, 1.807) is 0 Å². The molecule has 1 saturated heterocycles. The zero-order valence-corrected chi connectivity index (χ0v) is 16.1. The summed E-state index contributed by atoms with van der Waals surface area (Å²) in [6, 6.07) is 21.2. The lowest BCUT2D eigenvalue weighted by Crippen LogP contribution is -2.30. The number of anilines is 1. The second-order valence-electron chi connectivity index (χ2n) is 6.68. The van der Waals surface area contributed by atoms with Crippen LogP contribution in [0.2, 0.25) is 0 Å². The molecule has 0 spiro atoms. The average Bonchev–Trinajstić information content (AvgIpc) is 3.01. The topological polar surface area (TPSA) is 19.4 Å². The molecule has 4 rings (SSSR count). The molecule has 134 valence electrons. The number of likely N-dealkylation sites (N-methyl/N-ethyl adjacent to an activating group) is 1. The number of thiazole rings is 1. The van der Waals surface area contributed by atoms with Gasteiger partial charge < -0.3 is 9.80 Å². The van der Waals surface area contributed by atoms with Gasteiger partial charge in [-0.25, -0.2) is 4.98 Å². The normalized spacial score (nSPS) is 15.8. The monoisotopic (exact) mass is 363 g/mol. The molecule has 0 N–H and O–H groups in total. The van der Waals surface area contributed by atoms with E-state index in [4.69, 9.17) is 4.98 Å². The molecule has 1 aliphatic rings. The predicted octanol–water partition coefficient (Wildman–Crippen LogP) is 5.01. The molecule has 0 aliphatic carbocycles. The number of aromatic nitrogens is 1. The molecule has 1 aliphatic heterocycles. The second kappa shape index (κ2) is 8.02. The zero-order valence-electron chi connectivity index (χ0n) is 15.3. The van der Waals surface area contributed by atoms with Crippen LogP contribution in [0, 0.1) is 0 Å². The molecule has 0 saturated carbocycles. The molecule has 0 unspecified atom stereocenters. The highest BCUT2D eigenvalue weighted by Gasteiger charge is 2.21. The molecule has 2 aromatic carbocycles. The van der Waals surface area contributed by atoms with Crippen LogP contribution >= 0.6 is 11.3 Å². The minimum absolute atomic E-state index is 1.06. The Bertz CT molecular complexity index is 772. The van der Waals surface area contributed by atoms with Crippen LogP contribution in [-0.4, -0.2) is 42.6 Å². The summed E-state index contributed by atoms with van der Waals surface area (Å²) in [6.45, 7) is 7.85. The van der Waals surface area contributed by atoms with Gasteiger partial charge in [-0.15, -0.1) is 0 Å². The Morgan fingerprint density at radius 2 is 1.54 bits per heavy atom. The highest BCUT2D eigenvalue weighted by Crippen LogP contribution is 2.40. The van der Waals surface area contributed by atoms with Crippen molar-refractivity contribution in [3.63, 3.8) is 0 Å². The van der Waals surface area contributed by atoms with E-state index in [-0.39, 0.29) is 0 Å². The molecule has 0 atom stereocenters. The van der Waals surface area contributed by atoms with Crippen LogP contribution in [0.5, 0.6) is 0 Å². The fourth-order valence-corrected chi connectivity index (χ4v) is 4.64. The van der Waals surface area contributed by atoms with Gasteiger partial charge in [0.05, 0.1) is 10.6 Å². The van der Waals surface area contributed by atoms with Crippen LogP contribution in [0.1, 0.15) is 13.3 Å². The molecule has 26 heavy (non-hydrogen) atoms. The summed E-state index contributed by atoms with van der Waals surface area (Å²) in [6.07, 6.45) is 1.20.